The Morgan fingerprint density at radius 3 is 1.71 bits per heavy atom. The number of nitrogens with zero attached hydrogens (tertiary/aromatic N) is 1. The predicted octanol–water partition coefficient (Wildman–Crippen LogP) is -7.35. The van der Waals surface area contributed by atoms with Crippen LogP contribution < -0.4 is 55.3 Å². The van der Waals surface area contributed by atoms with E-state index in [1.165, 1.54) is 24.3 Å². The predicted molar refractivity (Wildman–Crippen MR) is 199 cm³/mol. The first-order valence-electron chi connectivity index (χ1n) is 18.0. The number of nitrogens with one attached hydrogen (secondary N) is 5. The van der Waals surface area contributed by atoms with E-state index in [2.05, 4.69) is 21.3 Å². The van der Waals surface area contributed by atoms with E-state index in [1.807, 2.05) is 5.32 Å². The molecule has 0 saturated carbocycles. The molecular weight excluding hydrogens is 786 g/mol. The van der Waals surface area contributed by atoms with Crippen LogP contribution in [0.3, 0.4) is 0 Å². The van der Waals surface area contributed by atoms with Crippen LogP contribution in [0.1, 0.15) is 50.5 Å². The third kappa shape index (κ3) is 15.9. The Hall–Kier alpha value is -6.89. The minimum absolute atomic E-state index is 0.00481. The molecular formula is C34H49N11O14. The van der Waals surface area contributed by atoms with Crippen molar-refractivity contribution < 1.29 is 68.1 Å². The number of likely N-dealkylation sites (tertiary alicyclic amines) is 1. The third-order valence-electron chi connectivity index (χ3n) is 8.77. The topological polar surface area (TPSA) is 442 Å². The molecule has 2 rings (SSSR count). The fourth-order valence-electron chi connectivity index (χ4n) is 5.80. The molecule has 10 amide bonds. The lowest BCUT2D eigenvalue weighted by Crippen LogP contribution is -2.60. The molecule has 25 heteroatoms. The molecule has 1 aliphatic heterocycles. The van der Waals surface area contributed by atoms with Crippen LogP contribution in [0.15, 0.2) is 24.3 Å². The first kappa shape index (κ1) is 48.3. The summed E-state index contributed by atoms with van der Waals surface area (Å²) in [6, 6.07) is -5.89. The monoisotopic (exact) mass is 835 g/mol. The zero-order valence-corrected chi connectivity index (χ0v) is 31.6. The van der Waals surface area contributed by atoms with Crippen LogP contribution in [-0.2, 0) is 59.2 Å². The van der Waals surface area contributed by atoms with Crippen molar-refractivity contribution in [2.45, 2.75) is 93.7 Å². The quantitative estimate of drug-likeness (QED) is 0.0460. The number of benzene rings is 1. The van der Waals surface area contributed by atoms with E-state index in [0.29, 0.717) is 5.56 Å². The number of carbonyl (C=O) groups excluding carboxylic acids is 10. The highest BCUT2D eigenvalue weighted by Gasteiger charge is 2.40. The Morgan fingerprint density at radius 1 is 0.661 bits per heavy atom. The number of aliphatic carboxylic acids is 1. The largest absolute Gasteiger partial charge is 0.508 e. The number of hydrogen-bond donors (Lipinski definition) is 13. The Morgan fingerprint density at radius 2 is 1.17 bits per heavy atom. The molecule has 1 fully saturated rings. The van der Waals surface area contributed by atoms with E-state index < -0.39 is 146 Å². The van der Waals surface area contributed by atoms with Crippen molar-refractivity contribution in [2.75, 3.05) is 13.2 Å². The lowest BCUT2D eigenvalue weighted by molar-refractivity contribution is -0.145. The highest BCUT2D eigenvalue weighted by atomic mass is 16.4. The summed E-state index contributed by atoms with van der Waals surface area (Å²) in [7, 11) is 0. The first-order chi connectivity index (χ1) is 27.6. The van der Waals surface area contributed by atoms with Gasteiger partial charge >= 0.3 is 5.97 Å². The van der Waals surface area contributed by atoms with Crippen LogP contribution in [0.5, 0.6) is 5.75 Å². The van der Waals surface area contributed by atoms with Crippen molar-refractivity contribution in [3.05, 3.63) is 29.8 Å². The number of rotatable bonds is 24. The summed E-state index contributed by atoms with van der Waals surface area (Å²) in [6.07, 6.45) is -3.22. The average molecular weight is 836 g/mol. The summed E-state index contributed by atoms with van der Waals surface area (Å²) in [6.45, 7) is -1.13. The highest BCUT2D eigenvalue weighted by molar-refractivity contribution is 5.99. The summed E-state index contributed by atoms with van der Waals surface area (Å²) in [5.41, 5.74) is 26.9. The standard InChI is InChI=1S/C34H49N11O14/c35-17(11-25(37)49)28(52)41-19(10-15-3-5-16(47)6-4-15)29(53)42-20(12-26(38)50)30(54)40-18(7-8-24(36)48)33(57)45-9-1-2-23(45)32(56)44-22(14-46)31(55)43-21(34(58)59)13-27(39)51/h3-6,17-23,46-47H,1-2,7-14,35H2,(H2,36,48)(H2,37,49)(H2,38,50)(H2,39,51)(H,40,54)(H,41,52)(H,42,53)(H,43,55)(H,44,56)(H,58,59)/t17-,18-,19+,20+,21-,22+,23-/m0/s1. The molecule has 324 valence electrons. The van der Waals surface area contributed by atoms with Gasteiger partial charge in [-0.3, -0.25) is 47.9 Å². The van der Waals surface area contributed by atoms with Crippen molar-refractivity contribution in [1.29, 1.82) is 0 Å². The van der Waals surface area contributed by atoms with Gasteiger partial charge in [0.2, 0.25) is 59.1 Å². The lowest BCUT2D eigenvalue weighted by Gasteiger charge is -2.30. The Kier molecular flexibility index (Phi) is 18.6. The van der Waals surface area contributed by atoms with Crippen LogP contribution in [0.25, 0.3) is 0 Å². The van der Waals surface area contributed by atoms with Gasteiger partial charge in [-0.25, -0.2) is 4.79 Å². The maximum atomic E-state index is 13.9. The number of amides is 10. The maximum Gasteiger partial charge on any atom is 0.326 e. The maximum absolute atomic E-state index is 13.9. The number of phenols is 1. The number of carbonyl (C=O) groups is 11. The summed E-state index contributed by atoms with van der Waals surface area (Å²) in [5.74, 6) is -12.1. The number of carboxylic acid groups (broad SMARTS) is 1. The van der Waals surface area contributed by atoms with Gasteiger partial charge in [0.25, 0.3) is 0 Å². The SMILES string of the molecule is NC(=O)CC[C@H](NC(=O)[C@@H](CC(N)=O)NC(=O)[C@@H](Cc1ccc(O)cc1)NC(=O)[C@@H](N)CC(N)=O)C(=O)N1CCC[C@H]1C(=O)N[C@H](CO)C(=O)N[C@@H](CC(N)=O)C(=O)O. The van der Waals surface area contributed by atoms with E-state index in [4.69, 9.17) is 28.7 Å². The minimum Gasteiger partial charge on any atom is -0.508 e. The number of aliphatic hydroxyl groups is 1. The van der Waals surface area contributed by atoms with Crippen LogP contribution in [0.4, 0.5) is 0 Å². The molecule has 0 spiro atoms. The van der Waals surface area contributed by atoms with Crippen molar-refractivity contribution in [3.8, 4) is 5.75 Å². The zero-order chi connectivity index (χ0) is 44.6. The van der Waals surface area contributed by atoms with Crippen molar-refractivity contribution in [1.82, 2.24) is 31.5 Å². The van der Waals surface area contributed by atoms with Gasteiger partial charge in [-0.05, 0) is 37.0 Å². The van der Waals surface area contributed by atoms with E-state index in [1.54, 1.807) is 0 Å². The molecule has 1 aromatic carbocycles. The number of hydrogen-bond acceptors (Lipinski definition) is 14. The van der Waals surface area contributed by atoms with Gasteiger partial charge in [0.15, 0.2) is 0 Å². The van der Waals surface area contributed by atoms with Crippen LogP contribution in [-0.4, -0.2) is 141 Å². The minimum atomic E-state index is -1.81. The number of aliphatic hydroxyl groups excluding tert-OH is 1. The van der Waals surface area contributed by atoms with Gasteiger partial charge in [-0.1, -0.05) is 12.1 Å². The normalized spacial score (nSPS) is 16.4. The van der Waals surface area contributed by atoms with Crippen LogP contribution in [0, 0.1) is 0 Å². The molecule has 59 heavy (non-hydrogen) atoms. The van der Waals surface area contributed by atoms with E-state index in [-0.39, 0.29) is 31.6 Å². The molecule has 1 saturated heterocycles. The summed E-state index contributed by atoms with van der Waals surface area (Å²) in [5, 5.41) is 39.9. The zero-order valence-electron chi connectivity index (χ0n) is 31.6. The number of primary amides is 4. The molecule has 0 bridgehead atoms. The second-order valence-electron chi connectivity index (χ2n) is 13.5. The second kappa shape index (κ2) is 22.7. The Balaban J connectivity index is 2.34. The van der Waals surface area contributed by atoms with E-state index >= 15 is 0 Å². The van der Waals surface area contributed by atoms with Crippen LogP contribution >= 0.6 is 0 Å². The molecule has 18 N–H and O–H groups in total. The Labute approximate surface area is 335 Å². The fraction of sp³-hybridized carbons (Fsp3) is 0.500. The molecule has 0 radical (unpaired) electrons. The van der Waals surface area contributed by atoms with E-state index in [9.17, 15) is 68.1 Å². The highest BCUT2D eigenvalue weighted by Crippen LogP contribution is 2.20. The van der Waals surface area contributed by atoms with Crippen molar-refractivity contribution in [2.24, 2.45) is 28.7 Å². The fourth-order valence-corrected chi connectivity index (χ4v) is 5.80. The summed E-state index contributed by atoms with van der Waals surface area (Å²) >= 11 is 0. The van der Waals surface area contributed by atoms with Gasteiger partial charge in [0, 0.05) is 19.4 Å². The number of phenolic OH excluding ortho intramolecular Hbond substituents is 1. The van der Waals surface area contributed by atoms with Gasteiger partial charge in [-0.15, -0.1) is 0 Å². The molecule has 1 heterocycles. The molecule has 1 aromatic rings. The molecule has 25 nitrogen and oxygen atoms in total. The number of aromatic hydroxyl groups is 1. The van der Waals surface area contributed by atoms with Crippen molar-refractivity contribution in [3.63, 3.8) is 0 Å². The molecule has 7 atom stereocenters. The van der Waals surface area contributed by atoms with Crippen molar-refractivity contribution >= 4 is 65.0 Å². The molecule has 1 aliphatic rings. The summed E-state index contributed by atoms with van der Waals surface area (Å²) in [4.78, 5) is 139. The summed E-state index contributed by atoms with van der Waals surface area (Å²) < 4.78 is 0. The number of carboxylic acids is 1. The molecule has 0 unspecified atom stereocenters. The molecule has 0 aromatic heterocycles. The molecule has 0 aliphatic carbocycles. The first-order valence-corrected chi connectivity index (χ1v) is 18.0. The van der Waals surface area contributed by atoms with Gasteiger partial charge < -0.3 is 75.5 Å². The third-order valence-corrected chi connectivity index (χ3v) is 8.77. The van der Waals surface area contributed by atoms with Crippen LogP contribution in [0.2, 0.25) is 0 Å². The van der Waals surface area contributed by atoms with E-state index in [0.717, 1.165) is 4.90 Å². The van der Waals surface area contributed by atoms with Gasteiger partial charge in [0.05, 0.1) is 31.9 Å². The lowest BCUT2D eigenvalue weighted by atomic mass is 10.0. The second-order valence-corrected chi connectivity index (χ2v) is 13.5. The van der Waals surface area contributed by atoms with Gasteiger partial charge in [-0.2, -0.15) is 0 Å². The van der Waals surface area contributed by atoms with Gasteiger partial charge in [0.1, 0.15) is 42.0 Å². The number of nitrogens with two attached hydrogens (primary N) is 5. The Bertz CT molecular complexity index is 1780. The smallest absolute Gasteiger partial charge is 0.326 e. The average Bonchev–Trinajstić information content (AvgIpc) is 3.64.